The van der Waals surface area contributed by atoms with E-state index >= 15 is 0 Å². The van der Waals surface area contributed by atoms with Crippen LogP contribution >= 0.6 is 11.3 Å². The topological polar surface area (TPSA) is 93.2 Å². The van der Waals surface area contributed by atoms with E-state index in [1.165, 1.54) is 24.3 Å². The van der Waals surface area contributed by atoms with Gasteiger partial charge in [-0.1, -0.05) is 47.2 Å². The third-order valence-electron chi connectivity index (χ3n) is 4.76. The molecule has 1 heterocycles. The quantitative estimate of drug-likeness (QED) is 0.383. The van der Waals surface area contributed by atoms with Gasteiger partial charge in [-0.3, -0.25) is 9.59 Å². The molecule has 172 valence electrons. The van der Waals surface area contributed by atoms with Crippen LogP contribution < -0.4 is 15.4 Å². The van der Waals surface area contributed by atoms with Gasteiger partial charge in [0.25, 0.3) is 11.8 Å². The minimum Gasteiger partial charge on any atom is -0.486 e. The minimum absolute atomic E-state index is 0.104. The number of aromatic nitrogens is 2. The second-order valence-corrected chi connectivity index (χ2v) is 8.51. The molecule has 4 rings (SSSR count). The molecule has 9 heteroatoms. The molecule has 1 aromatic heterocycles. The molecule has 2 amide bonds. The zero-order chi connectivity index (χ0) is 23.9. The van der Waals surface area contributed by atoms with E-state index in [0.29, 0.717) is 28.6 Å². The lowest BCUT2D eigenvalue weighted by Crippen LogP contribution is -2.23. The van der Waals surface area contributed by atoms with Crippen molar-refractivity contribution in [3.8, 4) is 5.75 Å². The van der Waals surface area contributed by atoms with Crippen molar-refractivity contribution in [3.05, 3.63) is 105 Å². The Hall–Kier alpha value is -4.11. The first-order valence-corrected chi connectivity index (χ1v) is 11.2. The van der Waals surface area contributed by atoms with E-state index in [4.69, 9.17) is 4.74 Å². The van der Waals surface area contributed by atoms with Crippen LogP contribution in [0.3, 0.4) is 0 Å². The molecule has 7 nitrogen and oxygen atoms in total. The first kappa shape index (κ1) is 23.1. The number of anilines is 1. The molecule has 0 radical (unpaired) electrons. The number of ether oxygens (including phenoxy) is 1. The van der Waals surface area contributed by atoms with Gasteiger partial charge in [0.05, 0.1) is 0 Å². The van der Waals surface area contributed by atoms with Gasteiger partial charge in [-0.2, -0.15) is 0 Å². The van der Waals surface area contributed by atoms with Crippen LogP contribution in [0.25, 0.3) is 0 Å². The molecule has 0 saturated heterocycles. The largest absolute Gasteiger partial charge is 0.486 e. The van der Waals surface area contributed by atoms with Crippen LogP contribution in [0.1, 0.15) is 36.3 Å². The standard InChI is InChI=1S/C25H21FN4O3S/c1-16-4-2-5-17(12-16)14-27-23(31)18-6-3-7-20(13-18)28-24(32)25-30-29-22(34-25)15-33-21-10-8-19(26)9-11-21/h2-13H,14-15H2,1H3,(H,27,31)(H,28,32). The Bertz CT molecular complexity index is 1310. The smallest absolute Gasteiger partial charge is 0.286 e. The summed E-state index contributed by atoms with van der Waals surface area (Å²) in [5, 5.41) is 14.1. The van der Waals surface area contributed by atoms with Gasteiger partial charge in [-0.15, -0.1) is 10.2 Å². The second kappa shape index (κ2) is 10.7. The van der Waals surface area contributed by atoms with Crippen LogP contribution in [0.4, 0.5) is 10.1 Å². The van der Waals surface area contributed by atoms with Crippen molar-refractivity contribution in [3.63, 3.8) is 0 Å². The van der Waals surface area contributed by atoms with Crippen molar-refractivity contribution in [1.82, 2.24) is 15.5 Å². The summed E-state index contributed by atoms with van der Waals surface area (Å²) >= 11 is 1.09. The summed E-state index contributed by atoms with van der Waals surface area (Å²) < 4.78 is 18.5. The number of aryl methyl sites for hydroxylation is 1. The number of benzene rings is 3. The van der Waals surface area contributed by atoms with Gasteiger partial charge in [-0.05, 0) is 55.0 Å². The molecule has 0 bridgehead atoms. The summed E-state index contributed by atoms with van der Waals surface area (Å²) in [5.41, 5.74) is 3.02. The molecule has 3 aromatic carbocycles. The van der Waals surface area contributed by atoms with Crippen molar-refractivity contribution < 1.29 is 18.7 Å². The molecule has 0 unspecified atom stereocenters. The number of carbonyl (C=O) groups is 2. The number of amides is 2. The fourth-order valence-corrected chi connectivity index (χ4v) is 3.76. The summed E-state index contributed by atoms with van der Waals surface area (Å²) in [5.74, 6) is -0.549. The molecule has 0 fully saturated rings. The zero-order valence-electron chi connectivity index (χ0n) is 18.2. The fourth-order valence-electron chi connectivity index (χ4n) is 3.11. The Morgan fingerprint density at radius 1 is 0.971 bits per heavy atom. The molecule has 2 N–H and O–H groups in total. The van der Waals surface area contributed by atoms with E-state index in [0.717, 1.165) is 22.5 Å². The Balaban J connectivity index is 1.33. The van der Waals surface area contributed by atoms with Crippen LogP contribution in [0, 0.1) is 12.7 Å². The lowest BCUT2D eigenvalue weighted by atomic mass is 10.1. The van der Waals surface area contributed by atoms with E-state index in [9.17, 15) is 14.0 Å². The number of hydrogen-bond donors (Lipinski definition) is 2. The maximum Gasteiger partial charge on any atom is 0.286 e. The molecule has 4 aromatic rings. The van der Waals surface area contributed by atoms with E-state index in [1.54, 1.807) is 24.3 Å². The number of rotatable bonds is 8. The summed E-state index contributed by atoms with van der Waals surface area (Å²) in [6, 6.07) is 20.2. The predicted octanol–water partition coefficient (Wildman–Crippen LogP) is 4.75. The molecule has 0 saturated carbocycles. The Labute approximate surface area is 199 Å². The van der Waals surface area contributed by atoms with Crippen molar-refractivity contribution in [1.29, 1.82) is 0 Å². The number of hydrogen-bond acceptors (Lipinski definition) is 6. The van der Waals surface area contributed by atoms with Gasteiger partial charge >= 0.3 is 0 Å². The van der Waals surface area contributed by atoms with E-state index in [2.05, 4.69) is 20.8 Å². The maximum atomic E-state index is 13.0. The lowest BCUT2D eigenvalue weighted by molar-refractivity contribution is 0.0949. The molecule has 0 aliphatic rings. The highest BCUT2D eigenvalue weighted by molar-refractivity contribution is 7.13. The van der Waals surface area contributed by atoms with Crippen LogP contribution in [0.2, 0.25) is 0 Å². The van der Waals surface area contributed by atoms with Gasteiger partial charge < -0.3 is 15.4 Å². The van der Waals surface area contributed by atoms with Crippen LogP contribution in [-0.4, -0.2) is 22.0 Å². The van der Waals surface area contributed by atoms with Crippen LogP contribution in [-0.2, 0) is 13.2 Å². The molecular formula is C25H21FN4O3S. The van der Waals surface area contributed by atoms with Crippen LogP contribution in [0.5, 0.6) is 5.75 Å². The third kappa shape index (κ3) is 6.23. The monoisotopic (exact) mass is 476 g/mol. The third-order valence-corrected chi connectivity index (χ3v) is 5.65. The van der Waals surface area contributed by atoms with Crippen molar-refractivity contribution in [2.45, 2.75) is 20.1 Å². The van der Waals surface area contributed by atoms with E-state index in [1.807, 2.05) is 31.2 Å². The van der Waals surface area contributed by atoms with E-state index < -0.39 is 5.91 Å². The SMILES string of the molecule is Cc1cccc(CNC(=O)c2cccc(NC(=O)c3nnc(COc4ccc(F)cc4)s3)c2)c1. The van der Waals surface area contributed by atoms with Gasteiger partial charge in [0.2, 0.25) is 5.01 Å². The highest BCUT2D eigenvalue weighted by atomic mass is 32.1. The van der Waals surface area contributed by atoms with Gasteiger partial charge in [0.15, 0.2) is 5.01 Å². The average molecular weight is 477 g/mol. The predicted molar refractivity (Wildman–Crippen MR) is 127 cm³/mol. The summed E-state index contributed by atoms with van der Waals surface area (Å²) in [6.07, 6.45) is 0. The Morgan fingerprint density at radius 2 is 1.76 bits per heavy atom. The van der Waals surface area contributed by atoms with Crippen LogP contribution in [0.15, 0.2) is 72.8 Å². The van der Waals surface area contributed by atoms with Gasteiger partial charge in [-0.25, -0.2) is 4.39 Å². The van der Waals surface area contributed by atoms with Crippen molar-refractivity contribution in [2.75, 3.05) is 5.32 Å². The molecule has 0 aliphatic heterocycles. The summed E-state index contributed by atoms with van der Waals surface area (Å²) in [4.78, 5) is 25.1. The van der Waals surface area contributed by atoms with E-state index in [-0.39, 0.29) is 23.3 Å². The number of carbonyl (C=O) groups excluding carboxylic acids is 2. The first-order chi connectivity index (χ1) is 16.5. The molecule has 34 heavy (non-hydrogen) atoms. The maximum absolute atomic E-state index is 13.0. The number of nitrogens with zero attached hydrogens (tertiary/aromatic N) is 2. The average Bonchev–Trinajstić information content (AvgIpc) is 3.32. The second-order valence-electron chi connectivity index (χ2n) is 7.45. The molecule has 0 aliphatic carbocycles. The normalized spacial score (nSPS) is 10.5. The zero-order valence-corrected chi connectivity index (χ0v) is 19.1. The summed E-state index contributed by atoms with van der Waals surface area (Å²) in [6.45, 7) is 2.51. The Kier molecular flexibility index (Phi) is 7.24. The molecular weight excluding hydrogens is 455 g/mol. The lowest BCUT2D eigenvalue weighted by Gasteiger charge is -2.08. The highest BCUT2D eigenvalue weighted by Gasteiger charge is 2.15. The number of nitrogens with one attached hydrogen (secondary N) is 2. The minimum atomic E-state index is -0.442. The summed E-state index contributed by atoms with van der Waals surface area (Å²) in [7, 11) is 0. The fraction of sp³-hybridized carbons (Fsp3) is 0.120. The van der Waals surface area contributed by atoms with Crippen molar-refractivity contribution in [2.24, 2.45) is 0 Å². The van der Waals surface area contributed by atoms with Gasteiger partial charge in [0.1, 0.15) is 18.2 Å². The first-order valence-electron chi connectivity index (χ1n) is 10.4. The molecule has 0 atom stereocenters. The highest BCUT2D eigenvalue weighted by Crippen LogP contribution is 2.18. The molecule has 0 spiro atoms. The van der Waals surface area contributed by atoms with Gasteiger partial charge in [0, 0.05) is 17.8 Å². The van der Waals surface area contributed by atoms with Crippen molar-refractivity contribution >= 4 is 28.8 Å². The Morgan fingerprint density at radius 3 is 2.56 bits per heavy atom. The number of halogens is 1.